The van der Waals surface area contributed by atoms with E-state index in [9.17, 15) is 15.0 Å². The van der Waals surface area contributed by atoms with Gasteiger partial charge in [-0.15, -0.1) is 0 Å². The van der Waals surface area contributed by atoms with Crippen LogP contribution >= 0.6 is 0 Å². The van der Waals surface area contributed by atoms with E-state index in [-0.39, 0.29) is 6.42 Å². The zero-order valence-corrected chi connectivity index (χ0v) is 9.93. The number of carbonyl (C=O) groups is 1. The minimum Gasteiger partial charge on any atom is -0.404 e. The van der Waals surface area contributed by atoms with E-state index in [1.807, 2.05) is 6.92 Å². The summed E-state index contributed by atoms with van der Waals surface area (Å²) in [7, 11) is 0. The SMILES string of the molecule is CCCCCC(O)(O)OC(=O)c1ccccc1. The maximum absolute atomic E-state index is 11.6. The molecule has 0 bridgehead atoms. The maximum Gasteiger partial charge on any atom is 0.342 e. The molecule has 0 fully saturated rings. The Kier molecular flexibility index (Phi) is 5.12. The molecule has 94 valence electrons. The van der Waals surface area contributed by atoms with Crippen molar-refractivity contribution in [3.05, 3.63) is 35.9 Å². The zero-order valence-electron chi connectivity index (χ0n) is 9.93. The van der Waals surface area contributed by atoms with Gasteiger partial charge in [-0.2, -0.15) is 0 Å². The van der Waals surface area contributed by atoms with Gasteiger partial charge in [0.15, 0.2) is 0 Å². The molecule has 0 aliphatic rings. The second-order valence-electron chi connectivity index (χ2n) is 3.96. The van der Waals surface area contributed by atoms with Gasteiger partial charge in [-0.1, -0.05) is 38.0 Å². The highest BCUT2D eigenvalue weighted by Crippen LogP contribution is 2.16. The quantitative estimate of drug-likeness (QED) is 0.452. The van der Waals surface area contributed by atoms with E-state index in [2.05, 4.69) is 4.74 Å². The van der Waals surface area contributed by atoms with Gasteiger partial charge in [0.05, 0.1) is 5.56 Å². The maximum atomic E-state index is 11.6. The normalized spacial score (nSPS) is 11.2. The summed E-state index contributed by atoms with van der Waals surface area (Å²) < 4.78 is 4.64. The number of hydrogen-bond acceptors (Lipinski definition) is 4. The average Bonchev–Trinajstić information content (AvgIpc) is 2.30. The number of carbonyl (C=O) groups excluding carboxylic acids is 1. The van der Waals surface area contributed by atoms with Crippen LogP contribution in [-0.2, 0) is 4.74 Å². The van der Waals surface area contributed by atoms with E-state index >= 15 is 0 Å². The second kappa shape index (κ2) is 6.37. The third-order valence-corrected chi connectivity index (χ3v) is 2.37. The third-order valence-electron chi connectivity index (χ3n) is 2.37. The lowest BCUT2D eigenvalue weighted by atomic mass is 10.2. The minimum atomic E-state index is -2.37. The van der Waals surface area contributed by atoms with Crippen LogP contribution in [0, 0.1) is 0 Å². The summed E-state index contributed by atoms with van der Waals surface area (Å²) in [6.07, 6.45) is 2.46. The number of esters is 1. The number of hydrogen-bond donors (Lipinski definition) is 2. The predicted molar refractivity (Wildman–Crippen MR) is 63.2 cm³/mol. The molecule has 0 atom stereocenters. The Morgan fingerprint density at radius 3 is 2.47 bits per heavy atom. The van der Waals surface area contributed by atoms with Crippen molar-refractivity contribution in [2.24, 2.45) is 0 Å². The van der Waals surface area contributed by atoms with Crippen LogP contribution in [0.3, 0.4) is 0 Å². The van der Waals surface area contributed by atoms with Gasteiger partial charge < -0.3 is 14.9 Å². The lowest BCUT2D eigenvalue weighted by Gasteiger charge is -2.21. The van der Waals surface area contributed by atoms with Crippen LogP contribution in [0.25, 0.3) is 0 Å². The van der Waals surface area contributed by atoms with Gasteiger partial charge in [0.25, 0.3) is 0 Å². The molecule has 0 heterocycles. The highest BCUT2D eigenvalue weighted by molar-refractivity contribution is 5.89. The van der Waals surface area contributed by atoms with E-state index in [0.29, 0.717) is 12.0 Å². The van der Waals surface area contributed by atoms with Crippen LogP contribution < -0.4 is 0 Å². The first-order valence-corrected chi connectivity index (χ1v) is 5.78. The van der Waals surface area contributed by atoms with Crippen LogP contribution in [-0.4, -0.2) is 22.2 Å². The van der Waals surface area contributed by atoms with Crippen LogP contribution in [0.1, 0.15) is 43.0 Å². The van der Waals surface area contributed by atoms with Crippen molar-refractivity contribution >= 4 is 5.97 Å². The number of aliphatic hydroxyl groups is 2. The van der Waals surface area contributed by atoms with Gasteiger partial charge >= 0.3 is 11.9 Å². The van der Waals surface area contributed by atoms with Crippen molar-refractivity contribution in [1.82, 2.24) is 0 Å². The lowest BCUT2D eigenvalue weighted by molar-refractivity contribution is -0.311. The van der Waals surface area contributed by atoms with Crippen molar-refractivity contribution in [3.8, 4) is 0 Å². The summed E-state index contributed by atoms with van der Waals surface area (Å²) in [5.41, 5.74) is 0.301. The molecule has 0 saturated heterocycles. The Bertz CT molecular complexity index is 346. The van der Waals surface area contributed by atoms with E-state index in [1.165, 1.54) is 0 Å². The molecule has 1 aromatic carbocycles. The summed E-state index contributed by atoms with van der Waals surface area (Å²) in [6, 6.07) is 8.26. The zero-order chi connectivity index (χ0) is 12.7. The molecule has 4 heteroatoms. The molecule has 1 aromatic rings. The van der Waals surface area contributed by atoms with Crippen molar-refractivity contribution in [2.45, 2.75) is 38.6 Å². The van der Waals surface area contributed by atoms with Crippen molar-refractivity contribution in [1.29, 1.82) is 0 Å². The molecule has 1 rings (SSSR count). The Hall–Kier alpha value is -1.39. The topological polar surface area (TPSA) is 66.8 Å². The molecular formula is C13H18O4. The number of rotatable bonds is 6. The first-order valence-electron chi connectivity index (χ1n) is 5.78. The molecular weight excluding hydrogens is 220 g/mol. The van der Waals surface area contributed by atoms with Gasteiger partial charge in [0, 0.05) is 6.42 Å². The van der Waals surface area contributed by atoms with Gasteiger partial charge in [-0.05, 0) is 18.6 Å². The number of unbranched alkanes of at least 4 members (excludes halogenated alkanes) is 2. The van der Waals surface area contributed by atoms with Crippen molar-refractivity contribution < 1.29 is 19.7 Å². The van der Waals surface area contributed by atoms with E-state index in [4.69, 9.17) is 0 Å². The molecule has 0 unspecified atom stereocenters. The summed E-state index contributed by atoms with van der Waals surface area (Å²) >= 11 is 0. The highest BCUT2D eigenvalue weighted by atomic mass is 16.8. The van der Waals surface area contributed by atoms with Gasteiger partial charge in [-0.25, -0.2) is 4.79 Å². The molecule has 0 amide bonds. The average molecular weight is 238 g/mol. The predicted octanol–water partition coefficient (Wildman–Crippen LogP) is 2.06. The molecule has 0 aliphatic carbocycles. The molecule has 0 saturated carbocycles. The fraction of sp³-hybridized carbons (Fsp3) is 0.462. The van der Waals surface area contributed by atoms with E-state index < -0.39 is 11.9 Å². The fourth-order valence-corrected chi connectivity index (χ4v) is 1.44. The van der Waals surface area contributed by atoms with Gasteiger partial charge in [-0.3, -0.25) is 0 Å². The molecule has 0 radical (unpaired) electrons. The number of benzene rings is 1. The third kappa shape index (κ3) is 4.97. The largest absolute Gasteiger partial charge is 0.404 e. The molecule has 0 aliphatic heterocycles. The smallest absolute Gasteiger partial charge is 0.342 e. The molecule has 4 nitrogen and oxygen atoms in total. The van der Waals surface area contributed by atoms with Crippen LogP contribution in [0.15, 0.2) is 30.3 Å². The van der Waals surface area contributed by atoms with Gasteiger partial charge in [0.2, 0.25) is 0 Å². The lowest BCUT2D eigenvalue weighted by Crippen LogP contribution is -2.34. The van der Waals surface area contributed by atoms with Crippen LogP contribution in [0.4, 0.5) is 0 Å². The molecule has 0 aromatic heterocycles. The Morgan fingerprint density at radius 1 is 1.24 bits per heavy atom. The summed E-state index contributed by atoms with van der Waals surface area (Å²) in [4.78, 5) is 11.6. The second-order valence-corrected chi connectivity index (χ2v) is 3.96. The molecule has 0 spiro atoms. The van der Waals surface area contributed by atoms with Crippen LogP contribution in [0.2, 0.25) is 0 Å². The summed E-state index contributed by atoms with van der Waals surface area (Å²) in [6.45, 7) is 2.01. The minimum absolute atomic E-state index is 0.0272. The Labute approximate surface area is 101 Å². The Balaban J connectivity index is 2.50. The number of ether oxygens (including phenoxy) is 1. The van der Waals surface area contributed by atoms with Crippen LogP contribution in [0.5, 0.6) is 0 Å². The van der Waals surface area contributed by atoms with E-state index in [0.717, 1.165) is 12.8 Å². The van der Waals surface area contributed by atoms with Crippen molar-refractivity contribution in [3.63, 3.8) is 0 Å². The van der Waals surface area contributed by atoms with Gasteiger partial charge in [0.1, 0.15) is 0 Å². The molecule has 17 heavy (non-hydrogen) atoms. The van der Waals surface area contributed by atoms with Crippen molar-refractivity contribution in [2.75, 3.05) is 0 Å². The summed E-state index contributed by atoms with van der Waals surface area (Å²) in [5.74, 6) is -3.10. The standard InChI is InChI=1S/C13H18O4/c1-2-3-7-10-13(15,16)17-12(14)11-8-5-4-6-9-11/h4-6,8-9,15-16H,2-3,7,10H2,1H3. The first kappa shape index (κ1) is 13.7. The monoisotopic (exact) mass is 238 g/mol. The fourth-order valence-electron chi connectivity index (χ4n) is 1.44. The highest BCUT2D eigenvalue weighted by Gasteiger charge is 2.28. The summed E-state index contributed by atoms with van der Waals surface area (Å²) in [5, 5.41) is 19.0. The molecule has 2 N–H and O–H groups in total. The van der Waals surface area contributed by atoms with E-state index in [1.54, 1.807) is 30.3 Å². The Morgan fingerprint density at radius 2 is 1.88 bits per heavy atom. The first-order chi connectivity index (χ1) is 8.05.